The monoisotopic (exact) mass is 652 g/mol. The Hall–Kier alpha value is -6.22. The Morgan fingerprint density at radius 3 is 1.68 bits per heavy atom. The van der Waals surface area contributed by atoms with Crippen molar-refractivity contribution in [2.24, 2.45) is 0 Å². The molecule has 0 spiro atoms. The van der Waals surface area contributed by atoms with Gasteiger partial charge in [0, 0.05) is 42.2 Å². The van der Waals surface area contributed by atoms with Gasteiger partial charge < -0.3 is 4.42 Å². The van der Waals surface area contributed by atoms with E-state index in [9.17, 15) is 0 Å². The van der Waals surface area contributed by atoms with E-state index in [4.69, 9.17) is 4.42 Å². The highest BCUT2D eigenvalue weighted by Gasteiger charge is 2.23. The summed E-state index contributed by atoms with van der Waals surface area (Å²) >= 11 is 1.87. The smallest absolute Gasteiger partial charge is 0.143 e. The van der Waals surface area contributed by atoms with E-state index in [1.165, 1.54) is 80.0 Å². The maximum absolute atomic E-state index is 6.70. The highest BCUT2D eigenvalue weighted by Crippen LogP contribution is 2.49. The summed E-state index contributed by atoms with van der Waals surface area (Å²) in [7, 11) is 0. The fourth-order valence-electron chi connectivity index (χ4n) is 8.25. The van der Waals surface area contributed by atoms with E-state index < -0.39 is 0 Å². The van der Waals surface area contributed by atoms with Gasteiger partial charge in [-0.15, -0.1) is 11.3 Å². The molecule has 11 aromatic rings. The van der Waals surface area contributed by atoms with Gasteiger partial charge in [0.2, 0.25) is 0 Å². The Labute approximate surface area is 292 Å². The Balaban J connectivity index is 1.24. The summed E-state index contributed by atoms with van der Waals surface area (Å²) in [5.41, 5.74) is 8.04. The van der Waals surface area contributed by atoms with Gasteiger partial charge in [-0.05, 0) is 90.1 Å². The minimum atomic E-state index is 0.918. The lowest BCUT2D eigenvalue weighted by atomic mass is 9.83. The van der Waals surface area contributed by atoms with E-state index in [1.54, 1.807) is 0 Å². The third kappa shape index (κ3) is 4.00. The lowest BCUT2D eigenvalue weighted by Gasteiger charge is -2.19. The van der Waals surface area contributed by atoms with Crippen LogP contribution in [-0.2, 0) is 0 Å². The van der Waals surface area contributed by atoms with E-state index in [2.05, 4.69) is 164 Å². The van der Waals surface area contributed by atoms with Crippen LogP contribution in [0.5, 0.6) is 0 Å². The van der Waals surface area contributed by atoms with Crippen molar-refractivity contribution in [3.8, 4) is 33.4 Å². The molecule has 2 aromatic heterocycles. The Bertz CT molecular complexity index is 3100. The molecule has 2 heteroatoms. The zero-order valence-electron chi connectivity index (χ0n) is 27.0. The molecule has 0 N–H and O–H groups in total. The quantitative estimate of drug-likeness (QED) is 0.173. The minimum Gasteiger partial charge on any atom is -0.463 e. The number of hydrogen-bond acceptors (Lipinski definition) is 2. The van der Waals surface area contributed by atoms with E-state index in [0.29, 0.717) is 0 Å². The molecule has 2 heterocycles. The predicted molar refractivity (Wildman–Crippen MR) is 215 cm³/mol. The molecule has 0 amide bonds. The van der Waals surface area contributed by atoms with Gasteiger partial charge in [0.1, 0.15) is 5.58 Å². The van der Waals surface area contributed by atoms with Crippen LogP contribution >= 0.6 is 11.3 Å². The van der Waals surface area contributed by atoms with Crippen molar-refractivity contribution in [3.63, 3.8) is 0 Å². The van der Waals surface area contributed by atoms with Gasteiger partial charge in [-0.25, -0.2) is 0 Å². The SMILES string of the molecule is c1ccc2cc(-c3coc4c(-c5c6ccccc6c(-c6ccc7sc8ccccc8c7c6)c6ccccc56)c5ccccc5cc34)ccc2c1. The first-order valence-corrected chi connectivity index (χ1v) is 17.9. The van der Waals surface area contributed by atoms with Crippen LogP contribution in [-0.4, -0.2) is 0 Å². The number of fused-ring (bicyclic) bond motifs is 8. The molecule has 9 aromatic carbocycles. The topological polar surface area (TPSA) is 13.1 Å². The minimum absolute atomic E-state index is 0.918. The van der Waals surface area contributed by atoms with Crippen LogP contribution in [0, 0.1) is 0 Å². The second-order valence-electron chi connectivity index (χ2n) is 13.2. The second kappa shape index (κ2) is 10.6. The number of rotatable bonds is 3. The van der Waals surface area contributed by atoms with Gasteiger partial charge >= 0.3 is 0 Å². The van der Waals surface area contributed by atoms with Gasteiger partial charge in [0.15, 0.2) is 0 Å². The number of thiophene rings is 1. The lowest BCUT2D eigenvalue weighted by molar-refractivity contribution is 0.618. The zero-order valence-corrected chi connectivity index (χ0v) is 27.8. The molecule has 0 saturated carbocycles. The van der Waals surface area contributed by atoms with Gasteiger partial charge in [-0.2, -0.15) is 0 Å². The van der Waals surface area contributed by atoms with Crippen molar-refractivity contribution in [2.45, 2.75) is 0 Å². The molecule has 0 atom stereocenters. The fourth-order valence-corrected chi connectivity index (χ4v) is 9.34. The molecule has 0 aliphatic heterocycles. The van der Waals surface area contributed by atoms with Crippen LogP contribution in [0.3, 0.4) is 0 Å². The average Bonchev–Trinajstić information content (AvgIpc) is 3.77. The Kier molecular flexibility index (Phi) is 5.89. The summed E-state index contributed by atoms with van der Waals surface area (Å²) in [6.07, 6.45) is 1.95. The average molecular weight is 653 g/mol. The van der Waals surface area contributed by atoms with Crippen molar-refractivity contribution in [1.82, 2.24) is 0 Å². The van der Waals surface area contributed by atoms with Gasteiger partial charge in [0.05, 0.1) is 6.26 Å². The largest absolute Gasteiger partial charge is 0.463 e. The number of furan rings is 1. The normalized spacial score (nSPS) is 12.0. The third-order valence-corrected chi connectivity index (χ3v) is 11.6. The first kappa shape index (κ1) is 27.7. The summed E-state index contributed by atoms with van der Waals surface area (Å²) in [6.45, 7) is 0. The third-order valence-electron chi connectivity index (χ3n) is 10.5. The summed E-state index contributed by atoms with van der Waals surface area (Å²) in [4.78, 5) is 0. The van der Waals surface area contributed by atoms with Gasteiger partial charge in [-0.1, -0.05) is 133 Å². The van der Waals surface area contributed by atoms with Crippen LogP contribution in [0.15, 0.2) is 174 Å². The fraction of sp³-hybridized carbons (Fsp3) is 0. The first-order valence-electron chi connectivity index (χ1n) is 17.1. The summed E-state index contributed by atoms with van der Waals surface area (Å²) < 4.78 is 9.35. The predicted octanol–water partition coefficient (Wildman–Crippen LogP) is 14.4. The van der Waals surface area contributed by atoms with E-state index >= 15 is 0 Å². The van der Waals surface area contributed by atoms with E-state index in [-0.39, 0.29) is 0 Å². The molecule has 1 nitrogen and oxygen atoms in total. The van der Waals surface area contributed by atoms with Crippen molar-refractivity contribution in [1.29, 1.82) is 0 Å². The molecule has 232 valence electrons. The molecule has 50 heavy (non-hydrogen) atoms. The molecule has 0 aliphatic rings. The highest BCUT2D eigenvalue weighted by atomic mass is 32.1. The van der Waals surface area contributed by atoms with Crippen molar-refractivity contribution < 1.29 is 4.42 Å². The molecule has 0 aliphatic carbocycles. The van der Waals surface area contributed by atoms with Crippen LogP contribution in [0.1, 0.15) is 0 Å². The molecule has 0 saturated heterocycles. The molecular weight excluding hydrogens is 625 g/mol. The number of benzene rings is 9. The van der Waals surface area contributed by atoms with Crippen LogP contribution in [0.25, 0.3) is 108 Å². The molecule has 0 bridgehead atoms. The molecule has 0 unspecified atom stereocenters. The molecule has 0 fully saturated rings. The standard InChI is InChI=1S/C48H28OS/c1-2-12-30-25-32(22-21-29(30)11-1)42-28-49-48-41(42)26-31-13-3-4-14-34(31)47(48)46-38-18-7-5-16-36(38)45(37-17-6-8-19-39(37)46)33-23-24-44-40(27-33)35-15-9-10-20-43(35)50-44/h1-28H. The summed E-state index contributed by atoms with van der Waals surface area (Å²) in [6, 6.07) is 59.9. The highest BCUT2D eigenvalue weighted by molar-refractivity contribution is 7.25. The molecule has 0 radical (unpaired) electrons. The summed E-state index contributed by atoms with van der Waals surface area (Å²) in [5, 5.41) is 13.5. The Morgan fingerprint density at radius 2 is 0.920 bits per heavy atom. The van der Waals surface area contributed by atoms with Crippen LogP contribution < -0.4 is 0 Å². The number of hydrogen-bond donors (Lipinski definition) is 0. The van der Waals surface area contributed by atoms with Crippen molar-refractivity contribution in [2.75, 3.05) is 0 Å². The Morgan fingerprint density at radius 1 is 0.340 bits per heavy atom. The van der Waals surface area contributed by atoms with Crippen LogP contribution in [0.4, 0.5) is 0 Å². The van der Waals surface area contributed by atoms with Crippen molar-refractivity contribution in [3.05, 3.63) is 170 Å². The summed E-state index contributed by atoms with van der Waals surface area (Å²) in [5.74, 6) is 0. The maximum atomic E-state index is 6.70. The lowest BCUT2D eigenvalue weighted by Crippen LogP contribution is -1.92. The van der Waals surface area contributed by atoms with Gasteiger partial charge in [-0.3, -0.25) is 0 Å². The van der Waals surface area contributed by atoms with E-state index in [0.717, 1.165) is 27.7 Å². The zero-order chi connectivity index (χ0) is 32.8. The first-order chi connectivity index (χ1) is 24.8. The van der Waals surface area contributed by atoms with E-state index in [1.807, 2.05) is 17.6 Å². The second-order valence-corrected chi connectivity index (χ2v) is 14.3. The molecule has 11 rings (SSSR count). The molecular formula is C48H28OS. The van der Waals surface area contributed by atoms with Gasteiger partial charge in [0.25, 0.3) is 0 Å². The van der Waals surface area contributed by atoms with Crippen LogP contribution in [0.2, 0.25) is 0 Å². The van der Waals surface area contributed by atoms with Crippen molar-refractivity contribution >= 4 is 85.6 Å². The maximum Gasteiger partial charge on any atom is 0.143 e.